The van der Waals surface area contributed by atoms with E-state index in [0.717, 1.165) is 18.7 Å². The molecule has 1 aromatic carbocycles. The van der Waals surface area contributed by atoms with E-state index < -0.39 is 5.41 Å². The van der Waals surface area contributed by atoms with Gasteiger partial charge in [-0.25, -0.2) is 0 Å². The molecular weight excluding hydrogens is 346 g/mol. The molecule has 3 rings (SSSR count). The van der Waals surface area contributed by atoms with Crippen molar-refractivity contribution in [1.82, 2.24) is 4.90 Å². The number of rotatable bonds is 4. The lowest BCUT2D eigenvalue weighted by Gasteiger charge is -2.46. The van der Waals surface area contributed by atoms with Gasteiger partial charge >= 0.3 is 0 Å². The minimum absolute atomic E-state index is 0.0545. The fraction of sp³-hybridized carbons (Fsp3) is 0.435. The molecule has 1 heterocycles. The van der Waals surface area contributed by atoms with Gasteiger partial charge in [-0.15, -0.1) is 0 Å². The number of benzene rings is 1. The fourth-order valence-electron chi connectivity index (χ4n) is 4.57. The third-order valence-corrected chi connectivity index (χ3v) is 5.89. The van der Waals surface area contributed by atoms with Crippen LogP contribution in [-0.4, -0.2) is 18.0 Å². The van der Waals surface area contributed by atoms with E-state index in [-0.39, 0.29) is 17.5 Å². The zero-order valence-corrected chi connectivity index (χ0v) is 16.4. The summed E-state index contributed by atoms with van der Waals surface area (Å²) in [5.41, 5.74) is 7.42. The van der Waals surface area contributed by atoms with E-state index in [2.05, 4.69) is 55.2 Å². The van der Waals surface area contributed by atoms with Crippen LogP contribution < -0.4 is 5.73 Å². The number of hydrogen-bond acceptors (Lipinski definition) is 5. The van der Waals surface area contributed by atoms with Crippen LogP contribution in [0, 0.1) is 57.2 Å². The predicted octanol–water partition coefficient (Wildman–Crippen LogP) is 3.49. The molecule has 5 heteroatoms. The van der Waals surface area contributed by atoms with Crippen LogP contribution in [-0.2, 0) is 6.54 Å². The Morgan fingerprint density at radius 1 is 1.18 bits per heavy atom. The second-order valence-electron chi connectivity index (χ2n) is 8.11. The number of nitrogens with zero attached hydrogens (tertiary/aromatic N) is 4. The molecule has 0 bridgehead atoms. The lowest BCUT2D eigenvalue weighted by molar-refractivity contribution is 0.145. The Balaban J connectivity index is 2.04. The molecule has 28 heavy (non-hydrogen) atoms. The van der Waals surface area contributed by atoms with E-state index in [0.29, 0.717) is 24.5 Å². The summed E-state index contributed by atoms with van der Waals surface area (Å²) < 4.78 is 0. The number of nitriles is 3. The smallest absolute Gasteiger partial charge is 0.187 e. The first kappa shape index (κ1) is 19.7. The Hall–Kier alpha value is -3.07. The van der Waals surface area contributed by atoms with Gasteiger partial charge in [-0.3, -0.25) is 4.90 Å². The fourth-order valence-corrected chi connectivity index (χ4v) is 4.57. The first-order valence-electron chi connectivity index (χ1n) is 9.66. The summed E-state index contributed by atoms with van der Waals surface area (Å²) >= 11 is 0. The lowest BCUT2D eigenvalue weighted by Crippen LogP contribution is -2.49. The second-order valence-corrected chi connectivity index (χ2v) is 8.11. The quantitative estimate of drug-likeness (QED) is 0.873. The zero-order chi connectivity index (χ0) is 20.3. The van der Waals surface area contributed by atoms with Gasteiger partial charge in [-0.2, -0.15) is 15.8 Å². The van der Waals surface area contributed by atoms with E-state index in [1.807, 2.05) is 18.2 Å². The number of allylic oxidation sites excluding steroid dienone is 2. The van der Waals surface area contributed by atoms with Crippen molar-refractivity contribution in [3.63, 3.8) is 0 Å². The molecule has 1 aliphatic heterocycles. The van der Waals surface area contributed by atoms with Crippen molar-refractivity contribution in [1.29, 1.82) is 15.8 Å². The van der Waals surface area contributed by atoms with Crippen LogP contribution in [0.25, 0.3) is 0 Å². The van der Waals surface area contributed by atoms with Crippen molar-refractivity contribution in [2.45, 2.75) is 26.8 Å². The predicted molar refractivity (Wildman–Crippen MR) is 107 cm³/mol. The van der Waals surface area contributed by atoms with Gasteiger partial charge in [0.1, 0.15) is 6.07 Å². The molecule has 0 aromatic heterocycles. The minimum atomic E-state index is -1.45. The summed E-state index contributed by atoms with van der Waals surface area (Å²) in [7, 11) is 0. The van der Waals surface area contributed by atoms with Crippen molar-refractivity contribution in [2.75, 3.05) is 13.1 Å². The van der Waals surface area contributed by atoms with Crippen molar-refractivity contribution < 1.29 is 0 Å². The Labute approximate surface area is 167 Å². The molecule has 142 valence electrons. The number of fused-ring (bicyclic) bond motifs is 1. The summed E-state index contributed by atoms with van der Waals surface area (Å²) in [6, 6.07) is 16.8. The maximum Gasteiger partial charge on any atom is 0.187 e. The third kappa shape index (κ3) is 3.29. The molecule has 1 aliphatic carbocycles. The topological polar surface area (TPSA) is 101 Å². The monoisotopic (exact) mass is 371 g/mol. The van der Waals surface area contributed by atoms with E-state index in [1.54, 1.807) is 0 Å². The Kier molecular flexibility index (Phi) is 5.55. The van der Waals surface area contributed by atoms with Crippen molar-refractivity contribution >= 4 is 0 Å². The van der Waals surface area contributed by atoms with Crippen LogP contribution in [0.15, 0.2) is 53.3 Å². The maximum absolute atomic E-state index is 9.97. The highest BCUT2D eigenvalue weighted by Crippen LogP contribution is 2.51. The van der Waals surface area contributed by atoms with Crippen molar-refractivity contribution in [3.05, 3.63) is 58.8 Å². The Morgan fingerprint density at radius 3 is 2.43 bits per heavy atom. The van der Waals surface area contributed by atoms with Crippen LogP contribution in [0.3, 0.4) is 0 Å². The largest absolute Gasteiger partial charge is 0.399 e. The van der Waals surface area contributed by atoms with Gasteiger partial charge in [0.25, 0.3) is 0 Å². The highest BCUT2D eigenvalue weighted by Gasteiger charge is 2.53. The molecule has 2 aliphatic rings. The third-order valence-electron chi connectivity index (χ3n) is 5.89. The molecule has 0 saturated heterocycles. The van der Waals surface area contributed by atoms with E-state index in [1.165, 1.54) is 5.56 Å². The summed E-state index contributed by atoms with van der Waals surface area (Å²) in [5, 5.41) is 29.7. The molecule has 2 unspecified atom stereocenters. The van der Waals surface area contributed by atoms with Gasteiger partial charge in [0.05, 0.1) is 23.4 Å². The van der Waals surface area contributed by atoms with Crippen LogP contribution >= 0.6 is 0 Å². The molecule has 0 amide bonds. The molecule has 0 radical (unpaired) electrons. The molecule has 0 saturated carbocycles. The maximum atomic E-state index is 9.97. The van der Waals surface area contributed by atoms with Crippen LogP contribution in [0.1, 0.15) is 25.8 Å². The molecule has 5 nitrogen and oxygen atoms in total. The van der Waals surface area contributed by atoms with Crippen molar-refractivity contribution in [2.24, 2.45) is 28.9 Å². The van der Waals surface area contributed by atoms with Gasteiger partial charge in [0.15, 0.2) is 5.41 Å². The first-order valence-corrected chi connectivity index (χ1v) is 9.66. The lowest BCUT2D eigenvalue weighted by atomic mass is 9.58. The number of hydrogen-bond donors (Lipinski definition) is 1. The molecular formula is C23H25N5. The molecule has 2 atom stereocenters. The highest BCUT2D eigenvalue weighted by molar-refractivity contribution is 5.56. The van der Waals surface area contributed by atoms with Crippen molar-refractivity contribution in [3.8, 4) is 18.2 Å². The van der Waals surface area contributed by atoms with Gasteiger partial charge in [0.2, 0.25) is 0 Å². The zero-order valence-electron chi connectivity index (χ0n) is 16.4. The first-order chi connectivity index (χ1) is 13.5. The highest BCUT2D eigenvalue weighted by atomic mass is 15.1. The van der Waals surface area contributed by atoms with Gasteiger partial charge in [-0.1, -0.05) is 50.3 Å². The van der Waals surface area contributed by atoms with E-state index in [4.69, 9.17) is 5.73 Å². The van der Waals surface area contributed by atoms with Gasteiger partial charge < -0.3 is 5.73 Å². The normalized spacial score (nSPS) is 23.9. The molecule has 2 N–H and O–H groups in total. The minimum Gasteiger partial charge on any atom is -0.399 e. The molecule has 0 fully saturated rings. The van der Waals surface area contributed by atoms with Crippen LogP contribution in [0.4, 0.5) is 0 Å². The molecule has 0 spiro atoms. The number of nitrogens with two attached hydrogens (primary N) is 1. The van der Waals surface area contributed by atoms with Crippen LogP contribution in [0.2, 0.25) is 0 Å². The second kappa shape index (κ2) is 7.89. The van der Waals surface area contributed by atoms with E-state index in [9.17, 15) is 15.8 Å². The van der Waals surface area contributed by atoms with E-state index >= 15 is 0 Å². The SMILES string of the molecule is CC(C)CC1C2CN(Cc3ccccc3)CC=C2C(C#N)=C(N)C1(C#N)C#N. The Morgan fingerprint density at radius 2 is 1.86 bits per heavy atom. The van der Waals surface area contributed by atoms with Gasteiger partial charge in [-0.05, 0) is 23.5 Å². The molecule has 1 aromatic rings. The summed E-state index contributed by atoms with van der Waals surface area (Å²) in [4.78, 5) is 2.31. The standard InChI is InChI=1S/C23H25N5/c1-16(2)10-21-20-13-28(12-17-6-4-3-5-7-17)9-8-18(20)19(11-24)22(27)23(21,14-25)15-26/h3-8,16,20-21H,9-10,12-13,27H2,1-2H3. The summed E-state index contributed by atoms with van der Waals surface area (Å²) in [5.74, 6) is 0.0267. The Bertz CT molecular complexity index is 906. The average molecular weight is 371 g/mol. The van der Waals surface area contributed by atoms with Gasteiger partial charge in [0, 0.05) is 31.5 Å². The summed E-state index contributed by atoms with van der Waals surface area (Å²) in [6.45, 7) is 6.41. The van der Waals surface area contributed by atoms with Crippen LogP contribution in [0.5, 0.6) is 0 Å². The average Bonchev–Trinajstić information content (AvgIpc) is 2.70. The summed E-state index contributed by atoms with van der Waals surface area (Å²) in [6.07, 6.45) is 2.77.